The summed E-state index contributed by atoms with van der Waals surface area (Å²) in [5.41, 5.74) is 0. The second-order valence-corrected chi connectivity index (χ2v) is 9.56. The van der Waals surface area contributed by atoms with Gasteiger partial charge in [-0.15, -0.1) is 0 Å². The van der Waals surface area contributed by atoms with Crippen molar-refractivity contribution in [3.63, 3.8) is 0 Å². The summed E-state index contributed by atoms with van der Waals surface area (Å²) in [6, 6.07) is 0. The highest BCUT2D eigenvalue weighted by Gasteiger charge is 2.49. The Balaban J connectivity index is 1.58. The summed E-state index contributed by atoms with van der Waals surface area (Å²) >= 11 is 0. The number of aliphatic hydroxyl groups is 12. The van der Waals surface area contributed by atoms with Gasteiger partial charge >= 0.3 is 0 Å². The van der Waals surface area contributed by atoms with Crippen molar-refractivity contribution in [2.24, 2.45) is 0 Å². The fourth-order valence-electron chi connectivity index (χ4n) is 4.23. The zero-order valence-corrected chi connectivity index (χ0v) is 20.6. The van der Waals surface area contributed by atoms with Crippen LogP contribution in [0.25, 0.3) is 0 Å². The van der Waals surface area contributed by atoms with Gasteiger partial charge in [-0.25, -0.2) is 0 Å². The normalized spacial score (nSPS) is 48.2. The van der Waals surface area contributed by atoms with Crippen molar-refractivity contribution >= 4 is 0 Å². The van der Waals surface area contributed by atoms with Crippen LogP contribution in [-0.4, -0.2) is 193 Å². The lowest BCUT2D eigenvalue weighted by molar-refractivity contribution is -0.343. The summed E-state index contributed by atoms with van der Waals surface area (Å²) < 4.78 is 31.9. The van der Waals surface area contributed by atoms with Gasteiger partial charge in [-0.2, -0.15) is 0 Å². The Morgan fingerprint density at radius 1 is 0.487 bits per heavy atom. The second kappa shape index (κ2) is 14.4. The van der Waals surface area contributed by atoms with Crippen LogP contribution in [0.1, 0.15) is 0 Å². The van der Waals surface area contributed by atoms with E-state index in [1.54, 1.807) is 0 Å². The Hall–Kier alpha value is -0.720. The van der Waals surface area contributed by atoms with Crippen molar-refractivity contribution in [1.29, 1.82) is 0 Å². The molecule has 0 amide bonds. The first-order chi connectivity index (χ1) is 18.4. The monoisotopic (exact) mass is 578 g/mol. The van der Waals surface area contributed by atoms with Crippen LogP contribution in [0.15, 0.2) is 0 Å². The molecule has 3 fully saturated rings. The largest absolute Gasteiger partial charge is 0.394 e. The molecular weight excluding hydrogens is 540 g/mol. The van der Waals surface area contributed by atoms with Crippen LogP contribution in [-0.2, 0) is 28.4 Å². The summed E-state index contributed by atoms with van der Waals surface area (Å²) in [6.45, 7) is -3.02. The standard InChI is InChI=1S/C21H38O18/c22-1-6(24)3-34-19-17(32)14(29)11(26)8(38-19)5-36-21-18(33)15(30)12(27)9(39-21)4-35-20-16(31)13(28)10(25)7(2-23)37-20/h6-33H,1-5H2/t6-,7-,8-,9-,10+,11+,12+,13+,14+,15+,16-,17-,18-,19-,20+,21+/m1/s1. The molecule has 3 rings (SSSR count). The zero-order valence-electron chi connectivity index (χ0n) is 20.6. The van der Waals surface area contributed by atoms with Crippen LogP contribution < -0.4 is 0 Å². The topological polar surface area (TPSA) is 298 Å². The van der Waals surface area contributed by atoms with Gasteiger partial charge in [-0.3, -0.25) is 0 Å². The van der Waals surface area contributed by atoms with E-state index in [2.05, 4.69) is 0 Å². The van der Waals surface area contributed by atoms with Crippen LogP contribution in [0.2, 0.25) is 0 Å². The van der Waals surface area contributed by atoms with Crippen molar-refractivity contribution in [3.8, 4) is 0 Å². The lowest BCUT2D eigenvalue weighted by atomic mass is 9.98. The molecule has 0 aliphatic carbocycles. The summed E-state index contributed by atoms with van der Waals surface area (Å²) in [6.07, 6.45) is -25.8. The van der Waals surface area contributed by atoms with Gasteiger partial charge in [0.2, 0.25) is 0 Å². The maximum absolute atomic E-state index is 10.3. The van der Waals surface area contributed by atoms with Gasteiger partial charge < -0.3 is 89.7 Å². The minimum atomic E-state index is -1.83. The highest BCUT2D eigenvalue weighted by molar-refractivity contribution is 4.93. The predicted molar refractivity (Wildman–Crippen MR) is 118 cm³/mol. The smallest absolute Gasteiger partial charge is 0.186 e. The third-order valence-electron chi connectivity index (χ3n) is 6.70. The van der Waals surface area contributed by atoms with E-state index in [0.29, 0.717) is 0 Å². The molecular formula is C21H38O18. The lowest BCUT2D eigenvalue weighted by Crippen LogP contribution is -2.62. The summed E-state index contributed by atoms with van der Waals surface area (Å²) in [5, 5.41) is 119. The highest BCUT2D eigenvalue weighted by Crippen LogP contribution is 2.28. The van der Waals surface area contributed by atoms with E-state index in [-0.39, 0.29) is 0 Å². The fourth-order valence-corrected chi connectivity index (χ4v) is 4.23. The number of aliphatic hydroxyl groups excluding tert-OH is 12. The van der Waals surface area contributed by atoms with Gasteiger partial charge in [0.1, 0.15) is 79.4 Å². The molecule has 18 nitrogen and oxygen atoms in total. The van der Waals surface area contributed by atoms with Crippen molar-refractivity contribution in [3.05, 3.63) is 0 Å². The molecule has 18 heteroatoms. The maximum Gasteiger partial charge on any atom is 0.186 e. The molecule has 0 radical (unpaired) electrons. The highest BCUT2D eigenvalue weighted by atomic mass is 16.7. The Bertz CT molecular complexity index is 731. The first kappa shape index (κ1) is 32.8. The minimum Gasteiger partial charge on any atom is -0.394 e. The first-order valence-corrected chi connectivity index (χ1v) is 12.2. The summed E-state index contributed by atoms with van der Waals surface area (Å²) in [4.78, 5) is 0. The molecule has 16 atom stereocenters. The molecule has 230 valence electrons. The van der Waals surface area contributed by atoms with Gasteiger partial charge in [-0.1, -0.05) is 0 Å². The van der Waals surface area contributed by atoms with Gasteiger partial charge in [0.15, 0.2) is 18.9 Å². The van der Waals surface area contributed by atoms with Crippen molar-refractivity contribution < 1.29 is 89.7 Å². The first-order valence-electron chi connectivity index (χ1n) is 12.2. The molecule has 3 aliphatic heterocycles. The molecule has 0 spiro atoms. The van der Waals surface area contributed by atoms with Crippen LogP contribution in [0.3, 0.4) is 0 Å². The minimum absolute atomic E-state index is 0.473. The Morgan fingerprint density at radius 3 is 1.23 bits per heavy atom. The number of hydrogen-bond donors (Lipinski definition) is 12. The zero-order chi connectivity index (χ0) is 29.0. The van der Waals surface area contributed by atoms with Crippen molar-refractivity contribution in [1.82, 2.24) is 0 Å². The van der Waals surface area contributed by atoms with Gasteiger partial charge in [0.05, 0.1) is 33.0 Å². The third kappa shape index (κ3) is 7.57. The summed E-state index contributed by atoms with van der Waals surface area (Å²) in [7, 11) is 0. The van der Waals surface area contributed by atoms with Crippen molar-refractivity contribution in [2.45, 2.75) is 98.2 Å². The van der Waals surface area contributed by atoms with Crippen LogP contribution in [0.5, 0.6) is 0 Å². The van der Waals surface area contributed by atoms with E-state index in [1.165, 1.54) is 0 Å². The SMILES string of the molecule is OC[C@@H](O)CO[C@@H]1O[C@H](CO[C@H]2O[C@H](CO[C@H]3O[C@H](CO)[C@H](O)[C@H](O)[C@H]3O)[C@H](O)[C@H](O)[C@H]2O)[C@H](O)[C@H](O)[C@H]1O. The van der Waals surface area contributed by atoms with Gasteiger partial charge in [0.25, 0.3) is 0 Å². The van der Waals surface area contributed by atoms with Crippen LogP contribution >= 0.6 is 0 Å². The van der Waals surface area contributed by atoms with Crippen LogP contribution in [0.4, 0.5) is 0 Å². The van der Waals surface area contributed by atoms with E-state index >= 15 is 0 Å². The lowest BCUT2D eigenvalue weighted by Gasteiger charge is -2.43. The van der Waals surface area contributed by atoms with E-state index in [9.17, 15) is 56.2 Å². The summed E-state index contributed by atoms with van der Waals surface area (Å²) in [5.74, 6) is 0. The van der Waals surface area contributed by atoms with Crippen molar-refractivity contribution in [2.75, 3.05) is 33.0 Å². The van der Waals surface area contributed by atoms with E-state index < -0.39 is 131 Å². The van der Waals surface area contributed by atoms with Crippen LogP contribution in [0, 0.1) is 0 Å². The fraction of sp³-hybridized carbons (Fsp3) is 1.00. The Labute approximate surface area is 221 Å². The third-order valence-corrected chi connectivity index (χ3v) is 6.70. The molecule has 39 heavy (non-hydrogen) atoms. The molecule has 3 saturated heterocycles. The van der Waals surface area contributed by atoms with E-state index in [1.807, 2.05) is 0 Å². The maximum atomic E-state index is 10.3. The number of ether oxygens (including phenoxy) is 6. The van der Waals surface area contributed by atoms with E-state index in [0.717, 1.165) is 0 Å². The average Bonchev–Trinajstić information content (AvgIpc) is 2.93. The number of rotatable bonds is 11. The predicted octanol–water partition coefficient (Wildman–Crippen LogP) is -8.20. The molecule has 0 saturated carbocycles. The quantitative estimate of drug-likeness (QED) is 0.108. The molecule has 0 aromatic rings. The Kier molecular flexibility index (Phi) is 12.1. The molecule has 0 aromatic heterocycles. The van der Waals surface area contributed by atoms with Gasteiger partial charge in [-0.05, 0) is 0 Å². The Morgan fingerprint density at radius 2 is 0.846 bits per heavy atom. The van der Waals surface area contributed by atoms with Gasteiger partial charge in [0, 0.05) is 0 Å². The molecule has 3 heterocycles. The second-order valence-electron chi connectivity index (χ2n) is 9.56. The molecule has 3 aliphatic rings. The average molecular weight is 579 g/mol. The molecule has 0 aromatic carbocycles. The molecule has 12 N–H and O–H groups in total. The molecule has 0 unspecified atom stereocenters. The molecule has 0 bridgehead atoms. The number of hydrogen-bond acceptors (Lipinski definition) is 18. The van der Waals surface area contributed by atoms with E-state index in [4.69, 9.17) is 33.5 Å².